The van der Waals surface area contributed by atoms with Gasteiger partial charge in [-0.1, -0.05) is 6.92 Å². The zero-order valence-corrected chi connectivity index (χ0v) is 14.4. The van der Waals surface area contributed by atoms with Crippen molar-refractivity contribution in [2.45, 2.75) is 70.8 Å². The average molecular weight is 318 g/mol. The summed E-state index contributed by atoms with van der Waals surface area (Å²) in [6.07, 6.45) is 10.1. The fraction of sp³-hybridized carbons (Fsp3) is 0.895. The van der Waals surface area contributed by atoms with E-state index in [9.17, 15) is 9.59 Å². The maximum absolute atomic E-state index is 12.8. The van der Waals surface area contributed by atoms with Crippen molar-refractivity contribution < 1.29 is 9.59 Å². The Bertz CT molecular complexity index is 494. The molecule has 3 saturated carbocycles. The van der Waals surface area contributed by atoms with Gasteiger partial charge in [0.05, 0.1) is 0 Å². The van der Waals surface area contributed by atoms with Crippen LogP contribution in [0.25, 0.3) is 0 Å². The first kappa shape index (κ1) is 15.5. The van der Waals surface area contributed by atoms with Gasteiger partial charge in [0.25, 0.3) is 0 Å². The molecule has 1 spiro atoms. The van der Waals surface area contributed by atoms with E-state index in [0.29, 0.717) is 11.9 Å². The zero-order chi connectivity index (χ0) is 16.0. The van der Waals surface area contributed by atoms with Crippen LogP contribution in [0.4, 0.5) is 0 Å². The Kier molecular flexibility index (Phi) is 3.89. The Morgan fingerprint density at radius 1 is 1.09 bits per heavy atom. The van der Waals surface area contributed by atoms with Crippen LogP contribution in [0.15, 0.2) is 0 Å². The summed E-state index contributed by atoms with van der Waals surface area (Å²) in [5.74, 6) is 1.84. The van der Waals surface area contributed by atoms with E-state index < -0.39 is 0 Å². The number of amides is 2. The third-order valence-corrected chi connectivity index (χ3v) is 7.02. The first-order chi connectivity index (χ1) is 11.1. The molecule has 128 valence electrons. The SMILES string of the molecule is CC1CCC(C(=O)N2CCC3(CC3C(=O)NC3CCC3)C2)CC1. The number of nitrogens with one attached hydrogen (secondary N) is 1. The van der Waals surface area contributed by atoms with Crippen molar-refractivity contribution >= 4 is 11.8 Å². The highest BCUT2D eigenvalue weighted by Crippen LogP contribution is 2.58. The molecule has 2 unspecified atom stereocenters. The molecule has 1 N–H and O–H groups in total. The molecule has 1 heterocycles. The molecular formula is C19H30N2O2. The Labute approximate surface area is 139 Å². The number of rotatable bonds is 3. The van der Waals surface area contributed by atoms with Crippen LogP contribution in [-0.2, 0) is 9.59 Å². The maximum Gasteiger partial charge on any atom is 0.225 e. The van der Waals surface area contributed by atoms with E-state index in [4.69, 9.17) is 0 Å². The van der Waals surface area contributed by atoms with Crippen LogP contribution < -0.4 is 5.32 Å². The van der Waals surface area contributed by atoms with Gasteiger partial charge in [0.2, 0.25) is 11.8 Å². The summed E-state index contributed by atoms with van der Waals surface area (Å²) in [5.41, 5.74) is 0.130. The van der Waals surface area contributed by atoms with Crippen molar-refractivity contribution in [1.29, 1.82) is 0 Å². The fourth-order valence-electron chi connectivity index (χ4n) is 4.87. The Morgan fingerprint density at radius 3 is 2.48 bits per heavy atom. The largest absolute Gasteiger partial charge is 0.353 e. The van der Waals surface area contributed by atoms with Gasteiger partial charge in [-0.15, -0.1) is 0 Å². The molecule has 2 atom stereocenters. The monoisotopic (exact) mass is 318 g/mol. The van der Waals surface area contributed by atoms with E-state index in [1.54, 1.807) is 0 Å². The number of likely N-dealkylation sites (tertiary alicyclic amines) is 1. The van der Waals surface area contributed by atoms with E-state index >= 15 is 0 Å². The van der Waals surface area contributed by atoms with Crippen molar-refractivity contribution in [1.82, 2.24) is 10.2 Å². The molecule has 4 aliphatic rings. The highest BCUT2D eigenvalue weighted by Gasteiger charge is 2.61. The van der Waals surface area contributed by atoms with Crippen LogP contribution in [0.3, 0.4) is 0 Å². The van der Waals surface area contributed by atoms with Crippen molar-refractivity contribution in [2.24, 2.45) is 23.2 Å². The van der Waals surface area contributed by atoms with E-state index in [1.807, 2.05) is 0 Å². The van der Waals surface area contributed by atoms with Crippen molar-refractivity contribution in [3.63, 3.8) is 0 Å². The Hall–Kier alpha value is -1.06. The number of hydrogen-bond donors (Lipinski definition) is 1. The van der Waals surface area contributed by atoms with Crippen LogP contribution in [0, 0.1) is 23.2 Å². The molecule has 0 aromatic rings. The standard InChI is InChI=1S/C19H30N2O2/c1-13-5-7-14(8-6-13)18(23)21-10-9-19(12-21)11-16(19)17(22)20-15-3-2-4-15/h13-16H,2-12H2,1H3,(H,20,22). The molecule has 3 aliphatic carbocycles. The van der Waals surface area contributed by atoms with Gasteiger partial charge in [-0.05, 0) is 63.7 Å². The predicted molar refractivity (Wildman–Crippen MR) is 88.6 cm³/mol. The highest BCUT2D eigenvalue weighted by atomic mass is 16.2. The summed E-state index contributed by atoms with van der Waals surface area (Å²) < 4.78 is 0. The van der Waals surface area contributed by atoms with E-state index in [1.165, 1.54) is 19.3 Å². The maximum atomic E-state index is 12.8. The summed E-state index contributed by atoms with van der Waals surface area (Å²) in [4.78, 5) is 27.2. The third-order valence-electron chi connectivity index (χ3n) is 7.02. The molecular weight excluding hydrogens is 288 g/mol. The van der Waals surface area contributed by atoms with E-state index in [0.717, 1.165) is 57.5 Å². The molecule has 0 aromatic carbocycles. The van der Waals surface area contributed by atoms with Gasteiger partial charge in [-0.3, -0.25) is 9.59 Å². The lowest BCUT2D eigenvalue weighted by Gasteiger charge is -2.29. The van der Waals surface area contributed by atoms with Crippen LogP contribution in [-0.4, -0.2) is 35.8 Å². The van der Waals surface area contributed by atoms with Crippen LogP contribution in [0.2, 0.25) is 0 Å². The molecule has 4 rings (SSSR count). The summed E-state index contributed by atoms with van der Waals surface area (Å²) in [5, 5.41) is 3.20. The van der Waals surface area contributed by atoms with Crippen molar-refractivity contribution in [2.75, 3.05) is 13.1 Å². The topological polar surface area (TPSA) is 49.4 Å². The Morgan fingerprint density at radius 2 is 1.83 bits per heavy atom. The van der Waals surface area contributed by atoms with Gasteiger partial charge >= 0.3 is 0 Å². The van der Waals surface area contributed by atoms with Crippen LogP contribution >= 0.6 is 0 Å². The van der Waals surface area contributed by atoms with Crippen LogP contribution in [0.1, 0.15) is 64.7 Å². The molecule has 4 heteroatoms. The summed E-state index contributed by atoms with van der Waals surface area (Å²) >= 11 is 0. The third kappa shape index (κ3) is 2.89. The molecule has 2 amide bonds. The Balaban J connectivity index is 1.29. The lowest BCUT2D eigenvalue weighted by molar-refractivity contribution is -0.136. The predicted octanol–water partition coefficient (Wildman–Crippen LogP) is 2.72. The first-order valence-electron chi connectivity index (χ1n) is 9.66. The smallest absolute Gasteiger partial charge is 0.225 e. The molecule has 4 nitrogen and oxygen atoms in total. The summed E-state index contributed by atoms with van der Waals surface area (Å²) in [6.45, 7) is 4.00. The normalized spacial score (nSPS) is 40.0. The van der Waals surface area contributed by atoms with Gasteiger partial charge < -0.3 is 10.2 Å². The minimum atomic E-state index is 0.130. The average Bonchev–Trinajstić information content (AvgIpc) is 3.04. The van der Waals surface area contributed by atoms with Crippen LogP contribution in [0.5, 0.6) is 0 Å². The second-order valence-electron chi connectivity index (χ2n) is 8.72. The highest BCUT2D eigenvalue weighted by molar-refractivity contribution is 5.84. The van der Waals surface area contributed by atoms with Gasteiger partial charge in [0.1, 0.15) is 0 Å². The van der Waals surface area contributed by atoms with Gasteiger partial charge in [0, 0.05) is 36.4 Å². The van der Waals surface area contributed by atoms with Crippen molar-refractivity contribution in [3.05, 3.63) is 0 Å². The van der Waals surface area contributed by atoms with Gasteiger partial charge in [-0.25, -0.2) is 0 Å². The molecule has 1 aliphatic heterocycles. The number of hydrogen-bond acceptors (Lipinski definition) is 2. The van der Waals surface area contributed by atoms with E-state index in [2.05, 4.69) is 17.1 Å². The first-order valence-corrected chi connectivity index (χ1v) is 9.66. The second kappa shape index (κ2) is 5.78. The number of carbonyl (C=O) groups is 2. The zero-order valence-electron chi connectivity index (χ0n) is 14.4. The fourth-order valence-corrected chi connectivity index (χ4v) is 4.87. The molecule has 1 saturated heterocycles. The lowest BCUT2D eigenvalue weighted by Crippen LogP contribution is -2.41. The minimum absolute atomic E-state index is 0.130. The lowest BCUT2D eigenvalue weighted by atomic mass is 9.82. The van der Waals surface area contributed by atoms with E-state index in [-0.39, 0.29) is 23.2 Å². The van der Waals surface area contributed by atoms with Gasteiger partial charge in [-0.2, -0.15) is 0 Å². The summed E-state index contributed by atoms with van der Waals surface area (Å²) in [6, 6.07) is 0.434. The number of carbonyl (C=O) groups excluding carboxylic acids is 2. The molecule has 0 bridgehead atoms. The van der Waals surface area contributed by atoms with Gasteiger partial charge in [0.15, 0.2) is 0 Å². The molecule has 0 aromatic heterocycles. The number of nitrogens with zero attached hydrogens (tertiary/aromatic N) is 1. The van der Waals surface area contributed by atoms with Crippen molar-refractivity contribution in [3.8, 4) is 0 Å². The minimum Gasteiger partial charge on any atom is -0.353 e. The summed E-state index contributed by atoms with van der Waals surface area (Å²) in [7, 11) is 0. The molecule has 4 fully saturated rings. The molecule has 0 radical (unpaired) electrons. The second-order valence-corrected chi connectivity index (χ2v) is 8.72. The quantitative estimate of drug-likeness (QED) is 0.870. The molecule has 23 heavy (non-hydrogen) atoms.